The molecule has 1 aromatic carbocycles. The molecule has 0 radical (unpaired) electrons. The summed E-state index contributed by atoms with van der Waals surface area (Å²) in [6.45, 7) is 7.95. The average Bonchev–Trinajstić information content (AvgIpc) is 2.63. The number of hydrogen-bond donors (Lipinski definition) is 1. The molecule has 2 aromatic rings. The SMILES string of the molecule is Cc1c(C(=O)O)c(CC(C)(C)C)nn1-c1cccc(Cl)c1. The number of halogens is 1. The van der Waals surface area contributed by atoms with Gasteiger partial charge in [-0.15, -0.1) is 0 Å². The first-order valence-electron chi connectivity index (χ1n) is 6.77. The van der Waals surface area contributed by atoms with Crippen molar-refractivity contribution in [3.05, 3.63) is 46.2 Å². The maximum atomic E-state index is 11.6. The van der Waals surface area contributed by atoms with Crippen LogP contribution in [0.2, 0.25) is 5.02 Å². The van der Waals surface area contributed by atoms with Gasteiger partial charge < -0.3 is 5.11 Å². The Bertz CT molecular complexity index is 684. The Hall–Kier alpha value is -1.81. The van der Waals surface area contributed by atoms with Gasteiger partial charge in [-0.05, 0) is 37.0 Å². The van der Waals surface area contributed by atoms with Gasteiger partial charge in [0.25, 0.3) is 0 Å². The summed E-state index contributed by atoms with van der Waals surface area (Å²) in [5, 5.41) is 14.6. The van der Waals surface area contributed by atoms with E-state index in [4.69, 9.17) is 11.6 Å². The van der Waals surface area contributed by atoms with Crippen LogP contribution in [0.4, 0.5) is 0 Å². The topological polar surface area (TPSA) is 55.1 Å². The van der Waals surface area contributed by atoms with E-state index in [0.717, 1.165) is 5.69 Å². The van der Waals surface area contributed by atoms with Crippen molar-refractivity contribution >= 4 is 17.6 Å². The molecule has 0 amide bonds. The number of aromatic nitrogens is 2. The molecule has 0 saturated heterocycles. The van der Waals surface area contributed by atoms with Crippen molar-refractivity contribution < 1.29 is 9.90 Å². The number of nitrogens with zero attached hydrogens (tertiary/aromatic N) is 2. The molecule has 5 heteroatoms. The molecule has 0 spiro atoms. The molecule has 0 aliphatic carbocycles. The lowest BCUT2D eigenvalue weighted by Gasteiger charge is -2.16. The van der Waals surface area contributed by atoms with Crippen molar-refractivity contribution in [1.29, 1.82) is 0 Å². The number of carboxylic acid groups (broad SMARTS) is 1. The van der Waals surface area contributed by atoms with Gasteiger partial charge in [0.15, 0.2) is 0 Å². The van der Waals surface area contributed by atoms with Crippen molar-refractivity contribution in [1.82, 2.24) is 9.78 Å². The monoisotopic (exact) mass is 306 g/mol. The molecule has 0 aliphatic rings. The quantitative estimate of drug-likeness (QED) is 0.928. The summed E-state index contributed by atoms with van der Waals surface area (Å²) in [6.07, 6.45) is 0.600. The second-order valence-electron chi connectivity index (χ2n) is 6.34. The lowest BCUT2D eigenvalue weighted by atomic mass is 9.89. The van der Waals surface area contributed by atoms with Gasteiger partial charge in [-0.2, -0.15) is 5.10 Å². The van der Waals surface area contributed by atoms with Crippen LogP contribution in [0.3, 0.4) is 0 Å². The fraction of sp³-hybridized carbons (Fsp3) is 0.375. The van der Waals surface area contributed by atoms with E-state index in [-0.39, 0.29) is 11.0 Å². The number of hydrogen-bond acceptors (Lipinski definition) is 2. The van der Waals surface area contributed by atoms with Crippen LogP contribution in [0.25, 0.3) is 5.69 Å². The van der Waals surface area contributed by atoms with Crippen LogP contribution >= 0.6 is 11.6 Å². The standard InChI is InChI=1S/C16H19ClN2O2/c1-10-14(15(20)21)13(9-16(2,3)4)18-19(10)12-7-5-6-11(17)8-12/h5-8H,9H2,1-4H3,(H,20,21). The summed E-state index contributed by atoms with van der Waals surface area (Å²) in [7, 11) is 0. The zero-order valence-electron chi connectivity index (χ0n) is 12.6. The fourth-order valence-corrected chi connectivity index (χ4v) is 2.51. The van der Waals surface area contributed by atoms with Crippen LogP contribution in [0, 0.1) is 12.3 Å². The minimum Gasteiger partial charge on any atom is -0.478 e. The summed E-state index contributed by atoms with van der Waals surface area (Å²) >= 11 is 6.01. The second-order valence-corrected chi connectivity index (χ2v) is 6.78. The van der Waals surface area contributed by atoms with E-state index in [1.54, 1.807) is 23.7 Å². The second kappa shape index (κ2) is 5.53. The summed E-state index contributed by atoms with van der Waals surface area (Å²) in [6, 6.07) is 7.23. The molecule has 112 valence electrons. The lowest BCUT2D eigenvalue weighted by Crippen LogP contribution is -2.13. The number of carbonyl (C=O) groups is 1. The Morgan fingerprint density at radius 2 is 2.05 bits per heavy atom. The van der Waals surface area contributed by atoms with E-state index in [0.29, 0.717) is 22.8 Å². The van der Waals surface area contributed by atoms with Crippen LogP contribution in [0.15, 0.2) is 24.3 Å². The van der Waals surface area contributed by atoms with E-state index >= 15 is 0 Å². The minimum atomic E-state index is -0.944. The number of benzene rings is 1. The Kier molecular flexibility index (Phi) is 4.10. The van der Waals surface area contributed by atoms with Crippen LogP contribution in [-0.4, -0.2) is 20.9 Å². The zero-order chi connectivity index (χ0) is 15.8. The molecule has 0 saturated carbocycles. The minimum absolute atomic E-state index is 0.0375. The normalized spacial score (nSPS) is 11.7. The van der Waals surface area contributed by atoms with Crippen molar-refractivity contribution in [2.24, 2.45) is 5.41 Å². The van der Waals surface area contributed by atoms with E-state index in [1.807, 2.05) is 12.1 Å². The molecule has 0 atom stereocenters. The first kappa shape index (κ1) is 15.6. The maximum absolute atomic E-state index is 11.6. The van der Waals surface area contributed by atoms with E-state index in [9.17, 15) is 9.90 Å². The summed E-state index contributed by atoms with van der Waals surface area (Å²) < 4.78 is 1.65. The molecule has 4 nitrogen and oxygen atoms in total. The van der Waals surface area contributed by atoms with Gasteiger partial charge in [-0.1, -0.05) is 38.4 Å². The Labute approximate surface area is 129 Å². The highest BCUT2D eigenvalue weighted by molar-refractivity contribution is 6.30. The van der Waals surface area contributed by atoms with Gasteiger partial charge in [0.1, 0.15) is 5.56 Å². The highest BCUT2D eigenvalue weighted by atomic mass is 35.5. The third kappa shape index (κ3) is 3.45. The zero-order valence-corrected chi connectivity index (χ0v) is 13.4. The van der Waals surface area contributed by atoms with Gasteiger partial charge >= 0.3 is 5.97 Å². The maximum Gasteiger partial charge on any atom is 0.339 e. The van der Waals surface area contributed by atoms with E-state index in [1.165, 1.54) is 0 Å². The molecular formula is C16H19ClN2O2. The predicted molar refractivity (Wildman–Crippen MR) is 83.4 cm³/mol. The smallest absolute Gasteiger partial charge is 0.339 e. The van der Waals surface area contributed by atoms with Crippen LogP contribution in [0.1, 0.15) is 42.5 Å². The van der Waals surface area contributed by atoms with Crippen molar-refractivity contribution in [2.75, 3.05) is 0 Å². The predicted octanol–water partition coefficient (Wildman–Crippen LogP) is 4.12. The molecule has 2 rings (SSSR count). The molecule has 1 N–H and O–H groups in total. The van der Waals surface area contributed by atoms with Gasteiger partial charge in [0.05, 0.1) is 17.1 Å². The van der Waals surface area contributed by atoms with Gasteiger partial charge in [0.2, 0.25) is 0 Å². The third-order valence-corrected chi connectivity index (χ3v) is 3.39. The largest absolute Gasteiger partial charge is 0.478 e. The summed E-state index contributed by atoms with van der Waals surface area (Å²) in [4.78, 5) is 11.6. The van der Waals surface area contributed by atoms with Crippen LogP contribution in [0.5, 0.6) is 0 Å². The third-order valence-electron chi connectivity index (χ3n) is 3.15. The molecule has 0 bridgehead atoms. The Morgan fingerprint density at radius 1 is 1.38 bits per heavy atom. The van der Waals surface area contributed by atoms with Crippen molar-refractivity contribution in [2.45, 2.75) is 34.1 Å². The Morgan fingerprint density at radius 3 is 2.57 bits per heavy atom. The molecule has 0 fully saturated rings. The number of carboxylic acids is 1. The molecule has 1 heterocycles. The van der Waals surface area contributed by atoms with Gasteiger partial charge in [-0.25, -0.2) is 9.48 Å². The van der Waals surface area contributed by atoms with E-state index < -0.39 is 5.97 Å². The first-order valence-corrected chi connectivity index (χ1v) is 7.14. The molecule has 0 aliphatic heterocycles. The summed E-state index contributed by atoms with van der Waals surface area (Å²) in [5.74, 6) is -0.944. The van der Waals surface area contributed by atoms with Crippen LogP contribution in [-0.2, 0) is 6.42 Å². The highest BCUT2D eigenvalue weighted by Gasteiger charge is 2.25. The lowest BCUT2D eigenvalue weighted by molar-refractivity contribution is 0.0694. The Balaban J connectivity index is 2.59. The molecule has 0 unspecified atom stereocenters. The fourth-order valence-electron chi connectivity index (χ4n) is 2.32. The summed E-state index contributed by atoms with van der Waals surface area (Å²) in [5.41, 5.74) is 2.23. The highest BCUT2D eigenvalue weighted by Crippen LogP contribution is 2.26. The van der Waals surface area contributed by atoms with Crippen LogP contribution < -0.4 is 0 Å². The number of rotatable bonds is 3. The van der Waals surface area contributed by atoms with Gasteiger partial charge in [-0.3, -0.25) is 0 Å². The first-order chi connectivity index (χ1) is 9.69. The van der Waals surface area contributed by atoms with Crippen molar-refractivity contribution in [3.63, 3.8) is 0 Å². The number of aromatic carboxylic acids is 1. The average molecular weight is 307 g/mol. The van der Waals surface area contributed by atoms with Crippen molar-refractivity contribution in [3.8, 4) is 5.69 Å². The molecule has 21 heavy (non-hydrogen) atoms. The van der Waals surface area contributed by atoms with Gasteiger partial charge in [0, 0.05) is 5.02 Å². The molecule has 1 aromatic heterocycles. The van der Waals surface area contributed by atoms with E-state index in [2.05, 4.69) is 25.9 Å². The molecular weight excluding hydrogens is 288 g/mol.